The zero-order valence-electron chi connectivity index (χ0n) is 12.9. The molecule has 0 aliphatic carbocycles. The molecule has 2 aromatic rings. The van der Waals surface area contributed by atoms with E-state index in [-0.39, 0.29) is 13.3 Å². The first-order chi connectivity index (χ1) is 11.5. The van der Waals surface area contributed by atoms with E-state index in [1.165, 1.54) is 0 Å². The molecule has 0 saturated carbocycles. The van der Waals surface area contributed by atoms with E-state index in [0.717, 1.165) is 15.6 Å². The first kappa shape index (κ1) is 16.3. The van der Waals surface area contributed by atoms with Gasteiger partial charge in [0.25, 0.3) is 0 Å². The lowest BCUT2D eigenvalue weighted by molar-refractivity contribution is -0.136. The van der Waals surface area contributed by atoms with Gasteiger partial charge in [-0.3, -0.25) is 9.59 Å². The number of amides is 2. The Labute approximate surface area is 147 Å². The average Bonchev–Trinajstić information content (AvgIpc) is 3.02. The van der Waals surface area contributed by atoms with Crippen molar-refractivity contribution in [2.75, 3.05) is 12.1 Å². The van der Waals surface area contributed by atoms with Gasteiger partial charge < -0.3 is 20.1 Å². The topological polar surface area (TPSA) is 76.7 Å². The first-order valence-corrected chi connectivity index (χ1v) is 8.06. The van der Waals surface area contributed by atoms with Gasteiger partial charge in [0.1, 0.15) is 0 Å². The monoisotopic (exact) mass is 390 g/mol. The van der Waals surface area contributed by atoms with Crippen molar-refractivity contribution in [3.8, 4) is 11.5 Å². The van der Waals surface area contributed by atoms with Crippen LogP contribution in [0.15, 0.2) is 40.9 Å². The molecular weight excluding hydrogens is 376 g/mol. The molecule has 0 bridgehead atoms. The Morgan fingerprint density at radius 3 is 2.67 bits per heavy atom. The molecule has 3 rings (SSSR count). The van der Waals surface area contributed by atoms with Crippen LogP contribution in [-0.4, -0.2) is 18.6 Å². The van der Waals surface area contributed by atoms with Gasteiger partial charge in [-0.15, -0.1) is 0 Å². The van der Waals surface area contributed by atoms with Gasteiger partial charge in [0.05, 0.1) is 0 Å². The summed E-state index contributed by atoms with van der Waals surface area (Å²) in [6.07, 6.45) is 0. The van der Waals surface area contributed by atoms with Crippen molar-refractivity contribution in [3.05, 3.63) is 52.0 Å². The Balaban J connectivity index is 1.57. The van der Waals surface area contributed by atoms with Crippen LogP contribution < -0.4 is 20.1 Å². The fourth-order valence-corrected chi connectivity index (χ4v) is 2.74. The van der Waals surface area contributed by atoms with Gasteiger partial charge in [0, 0.05) is 16.7 Å². The minimum absolute atomic E-state index is 0.195. The molecule has 0 aromatic heterocycles. The lowest BCUT2D eigenvalue weighted by Gasteiger charge is -2.09. The fraction of sp³-hybridized carbons (Fsp3) is 0.176. The van der Waals surface area contributed by atoms with E-state index in [1.807, 2.05) is 19.1 Å². The lowest BCUT2D eigenvalue weighted by Crippen LogP contribution is -2.35. The summed E-state index contributed by atoms with van der Waals surface area (Å²) >= 11 is 3.35. The van der Waals surface area contributed by atoms with Crippen molar-refractivity contribution in [1.82, 2.24) is 5.32 Å². The highest BCUT2D eigenvalue weighted by atomic mass is 79.9. The molecule has 1 aliphatic heterocycles. The summed E-state index contributed by atoms with van der Waals surface area (Å²) in [4.78, 5) is 23.9. The molecule has 0 fully saturated rings. The summed E-state index contributed by atoms with van der Waals surface area (Å²) in [5, 5.41) is 5.18. The standard InChI is InChI=1S/C17H15BrN2O4/c1-10-6-12(18)3-4-13(10)20-17(22)16(21)19-8-11-2-5-14-15(7-11)24-9-23-14/h2-7H,8-9H2,1H3,(H,19,21)(H,20,22). The van der Waals surface area contributed by atoms with Crippen LogP contribution in [0.3, 0.4) is 0 Å². The third kappa shape index (κ3) is 3.68. The molecule has 0 radical (unpaired) electrons. The zero-order chi connectivity index (χ0) is 17.1. The molecular formula is C17H15BrN2O4. The molecule has 124 valence electrons. The molecule has 0 unspecified atom stereocenters. The smallest absolute Gasteiger partial charge is 0.313 e. The molecule has 0 saturated heterocycles. The van der Waals surface area contributed by atoms with Gasteiger partial charge in [0.2, 0.25) is 6.79 Å². The summed E-state index contributed by atoms with van der Waals surface area (Å²) in [6, 6.07) is 10.8. The number of aryl methyl sites for hydroxylation is 1. The summed E-state index contributed by atoms with van der Waals surface area (Å²) in [6.45, 7) is 2.27. The van der Waals surface area contributed by atoms with E-state index in [9.17, 15) is 9.59 Å². The maximum Gasteiger partial charge on any atom is 0.313 e. The second-order valence-corrected chi connectivity index (χ2v) is 6.20. The predicted octanol–water partition coefficient (Wildman–Crippen LogP) is 2.74. The molecule has 1 aliphatic rings. The Morgan fingerprint density at radius 1 is 1.08 bits per heavy atom. The van der Waals surface area contributed by atoms with Crippen LogP contribution in [0.4, 0.5) is 5.69 Å². The zero-order valence-corrected chi connectivity index (χ0v) is 14.5. The quantitative estimate of drug-likeness (QED) is 0.789. The summed E-state index contributed by atoms with van der Waals surface area (Å²) < 4.78 is 11.4. The highest BCUT2D eigenvalue weighted by Crippen LogP contribution is 2.32. The van der Waals surface area contributed by atoms with Crippen molar-refractivity contribution >= 4 is 33.4 Å². The van der Waals surface area contributed by atoms with Crippen molar-refractivity contribution in [2.24, 2.45) is 0 Å². The third-order valence-electron chi connectivity index (χ3n) is 3.53. The Hall–Kier alpha value is -2.54. The van der Waals surface area contributed by atoms with Crippen LogP contribution in [0.1, 0.15) is 11.1 Å². The number of nitrogens with one attached hydrogen (secondary N) is 2. The SMILES string of the molecule is Cc1cc(Br)ccc1NC(=O)C(=O)NCc1ccc2c(c1)OCO2. The van der Waals surface area contributed by atoms with E-state index in [2.05, 4.69) is 26.6 Å². The maximum absolute atomic E-state index is 12.0. The first-order valence-electron chi connectivity index (χ1n) is 7.27. The van der Waals surface area contributed by atoms with Crippen LogP contribution in [0, 0.1) is 6.92 Å². The average molecular weight is 391 g/mol. The van der Waals surface area contributed by atoms with Crippen LogP contribution >= 0.6 is 15.9 Å². The molecule has 2 aromatic carbocycles. The Morgan fingerprint density at radius 2 is 1.88 bits per heavy atom. The van der Waals surface area contributed by atoms with Crippen molar-refractivity contribution < 1.29 is 19.1 Å². The van der Waals surface area contributed by atoms with Crippen LogP contribution in [0.5, 0.6) is 11.5 Å². The van der Waals surface area contributed by atoms with Crippen molar-refractivity contribution in [2.45, 2.75) is 13.5 Å². The second-order valence-electron chi connectivity index (χ2n) is 5.28. The number of fused-ring (bicyclic) bond motifs is 1. The maximum atomic E-state index is 12.0. The normalized spacial score (nSPS) is 11.9. The molecule has 24 heavy (non-hydrogen) atoms. The fourth-order valence-electron chi connectivity index (χ4n) is 2.26. The number of benzene rings is 2. The van der Waals surface area contributed by atoms with E-state index in [4.69, 9.17) is 9.47 Å². The van der Waals surface area contributed by atoms with Crippen LogP contribution in [0.25, 0.3) is 0 Å². The molecule has 2 amide bonds. The number of hydrogen-bond acceptors (Lipinski definition) is 4. The third-order valence-corrected chi connectivity index (χ3v) is 4.03. The lowest BCUT2D eigenvalue weighted by atomic mass is 10.2. The number of carbonyl (C=O) groups excluding carboxylic acids is 2. The minimum Gasteiger partial charge on any atom is -0.454 e. The number of carbonyl (C=O) groups is 2. The molecule has 0 atom stereocenters. The minimum atomic E-state index is -0.707. The van der Waals surface area contributed by atoms with Crippen molar-refractivity contribution in [3.63, 3.8) is 0 Å². The number of rotatable bonds is 3. The number of ether oxygens (including phenoxy) is 2. The van der Waals surface area contributed by atoms with E-state index in [1.54, 1.807) is 24.3 Å². The van der Waals surface area contributed by atoms with Gasteiger partial charge >= 0.3 is 11.8 Å². The molecule has 6 nitrogen and oxygen atoms in total. The molecule has 0 spiro atoms. The van der Waals surface area contributed by atoms with Crippen molar-refractivity contribution in [1.29, 1.82) is 0 Å². The highest BCUT2D eigenvalue weighted by Gasteiger charge is 2.16. The molecule has 1 heterocycles. The number of anilines is 1. The van der Waals surface area contributed by atoms with E-state index >= 15 is 0 Å². The van der Waals surface area contributed by atoms with E-state index in [0.29, 0.717) is 17.2 Å². The summed E-state index contributed by atoms with van der Waals surface area (Å²) in [5.74, 6) is -0.0960. The van der Waals surface area contributed by atoms with Gasteiger partial charge in [0.15, 0.2) is 11.5 Å². The Bertz CT molecular complexity index is 807. The number of halogens is 1. The highest BCUT2D eigenvalue weighted by molar-refractivity contribution is 9.10. The van der Waals surface area contributed by atoms with Crippen LogP contribution in [0.2, 0.25) is 0 Å². The molecule has 2 N–H and O–H groups in total. The molecule has 7 heteroatoms. The van der Waals surface area contributed by atoms with Gasteiger partial charge in [-0.1, -0.05) is 22.0 Å². The Kier molecular flexibility index (Phi) is 4.71. The van der Waals surface area contributed by atoms with E-state index < -0.39 is 11.8 Å². The van der Waals surface area contributed by atoms with Gasteiger partial charge in [-0.2, -0.15) is 0 Å². The second kappa shape index (κ2) is 6.92. The predicted molar refractivity (Wildman–Crippen MR) is 91.9 cm³/mol. The number of hydrogen-bond donors (Lipinski definition) is 2. The largest absolute Gasteiger partial charge is 0.454 e. The summed E-state index contributed by atoms with van der Waals surface area (Å²) in [7, 11) is 0. The van der Waals surface area contributed by atoms with Gasteiger partial charge in [-0.25, -0.2) is 0 Å². The summed E-state index contributed by atoms with van der Waals surface area (Å²) in [5.41, 5.74) is 2.28. The van der Waals surface area contributed by atoms with Gasteiger partial charge in [-0.05, 0) is 48.4 Å². The van der Waals surface area contributed by atoms with Crippen LogP contribution in [-0.2, 0) is 16.1 Å².